The molecule has 2 fully saturated rings. The molecule has 0 spiro atoms. The summed E-state index contributed by atoms with van der Waals surface area (Å²) in [5.41, 5.74) is 5.48. The van der Waals surface area contributed by atoms with E-state index in [9.17, 15) is 4.79 Å². The van der Waals surface area contributed by atoms with Crippen molar-refractivity contribution in [2.75, 3.05) is 26.2 Å². The number of halogens is 2. The maximum atomic E-state index is 12.2. The zero-order chi connectivity index (χ0) is 16.3. The lowest BCUT2D eigenvalue weighted by Crippen LogP contribution is -2.59. The Kier molecular flexibility index (Phi) is 10.1. The predicted molar refractivity (Wildman–Crippen MR) is 100 cm³/mol. The summed E-state index contributed by atoms with van der Waals surface area (Å²) in [4.78, 5) is 14.6. The van der Waals surface area contributed by atoms with Crippen LogP contribution in [0.4, 0.5) is 0 Å². The zero-order valence-corrected chi connectivity index (χ0v) is 16.8. The molecule has 2 heterocycles. The van der Waals surface area contributed by atoms with Crippen LogP contribution in [0.1, 0.15) is 40.5 Å². The molecular weight excluding hydrogens is 353 g/mol. The zero-order valence-electron chi connectivity index (χ0n) is 15.1. The third kappa shape index (κ3) is 6.32. The smallest absolute Gasteiger partial charge is 0.249 e. The molecule has 144 valence electrons. The van der Waals surface area contributed by atoms with Gasteiger partial charge in [-0.15, -0.1) is 24.8 Å². The van der Waals surface area contributed by atoms with Gasteiger partial charge in [0, 0.05) is 31.7 Å². The van der Waals surface area contributed by atoms with E-state index in [1.54, 1.807) is 0 Å². The summed E-state index contributed by atoms with van der Waals surface area (Å²) in [7, 11) is 0. The van der Waals surface area contributed by atoms with E-state index in [0.29, 0.717) is 13.1 Å². The monoisotopic (exact) mass is 385 g/mol. The molecule has 0 radical (unpaired) electrons. The van der Waals surface area contributed by atoms with E-state index in [0.717, 1.165) is 25.9 Å². The Hall–Kier alpha value is -0.110. The number of morpholine rings is 1. The van der Waals surface area contributed by atoms with E-state index in [2.05, 4.69) is 37.9 Å². The van der Waals surface area contributed by atoms with Gasteiger partial charge in [0.15, 0.2) is 0 Å². The molecule has 2 aliphatic heterocycles. The van der Waals surface area contributed by atoms with Crippen LogP contribution in [-0.4, -0.2) is 66.9 Å². The van der Waals surface area contributed by atoms with E-state index in [1.165, 1.54) is 0 Å². The first-order valence-corrected chi connectivity index (χ1v) is 8.35. The van der Waals surface area contributed by atoms with Crippen molar-refractivity contribution < 1.29 is 14.3 Å². The molecule has 0 saturated carbocycles. The SMILES string of the molecule is CC1CN(C(C)(C)CNC(=O)[C@@H]2CC[C@H](CN)O2)CC(C)O1.Cl.Cl. The van der Waals surface area contributed by atoms with Gasteiger partial charge in [0.2, 0.25) is 5.91 Å². The highest BCUT2D eigenvalue weighted by atomic mass is 35.5. The van der Waals surface area contributed by atoms with Crippen LogP contribution in [0.5, 0.6) is 0 Å². The van der Waals surface area contributed by atoms with Gasteiger partial charge in [0.25, 0.3) is 0 Å². The van der Waals surface area contributed by atoms with Gasteiger partial charge in [0.1, 0.15) is 6.10 Å². The van der Waals surface area contributed by atoms with E-state index in [-0.39, 0.29) is 60.7 Å². The highest BCUT2D eigenvalue weighted by Gasteiger charge is 2.35. The molecule has 0 aliphatic carbocycles. The first kappa shape index (κ1) is 23.9. The second kappa shape index (κ2) is 10.1. The fourth-order valence-electron chi connectivity index (χ4n) is 3.27. The van der Waals surface area contributed by atoms with Crippen LogP contribution in [0.2, 0.25) is 0 Å². The third-order valence-corrected chi connectivity index (χ3v) is 4.63. The number of ether oxygens (including phenoxy) is 2. The summed E-state index contributed by atoms with van der Waals surface area (Å²) in [6.45, 7) is 11.4. The number of hydrogen-bond acceptors (Lipinski definition) is 5. The molecule has 0 aromatic rings. The summed E-state index contributed by atoms with van der Waals surface area (Å²) in [5, 5.41) is 3.05. The van der Waals surface area contributed by atoms with E-state index in [1.807, 2.05) is 0 Å². The Balaban J connectivity index is 0.00000264. The quantitative estimate of drug-likeness (QED) is 0.746. The first-order valence-electron chi connectivity index (χ1n) is 8.35. The summed E-state index contributed by atoms with van der Waals surface area (Å²) >= 11 is 0. The van der Waals surface area contributed by atoms with Crippen molar-refractivity contribution in [3.05, 3.63) is 0 Å². The summed E-state index contributed by atoms with van der Waals surface area (Å²) in [6.07, 6.45) is 1.77. The molecule has 2 aliphatic rings. The van der Waals surface area contributed by atoms with Gasteiger partial charge in [-0.2, -0.15) is 0 Å². The molecule has 2 rings (SSSR count). The van der Waals surface area contributed by atoms with Crippen molar-refractivity contribution in [1.82, 2.24) is 10.2 Å². The lowest BCUT2D eigenvalue weighted by atomic mass is 10.00. The molecule has 24 heavy (non-hydrogen) atoms. The Morgan fingerprint density at radius 1 is 1.17 bits per heavy atom. The fourth-order valence-corrected chi connectivity index (χ4v) is 3.27. The number of nitrogens with zero attached hydrogens (tertiary/aromatic N) is 1. The van der Waals surface area contributed by atoms with E-state index >= 15 is 0 Å². The highest BCUT2D eigenvalue weighted by Crippen LogP contribution is 2.22. The Bertz CT molecular complexity index is 389. The van der Waals surface area contributed by atoms with Crippen molar-refractivity contribution in [2.24, 2.45) is 5.73 Å². The van der Waals surface area contributed by atoms with Gasteiger partial charge >= 0.3 is 0 Å². The van der Waals surface area contributed by atoms with Gasteiger partial charge in [-0.1, -0.05) is 0 Å². The van der Waals surface area contributed by atoms with Gasteiger partial charge < -0.3 is 20.5 Å². The molecule has 1 amide bonds. The second-order valence-corrected chi connectivity index (χ2v) is 7.25. The van der Waals surface area contributed by atoms with Crippen molar-refractivity contribution in [1.29, 1.82) is 0 Å². The number of nitrogens with two attached hydrogens (primary N) is 1. The fraction of sp³-hybridized carbons (Fsp3) is 0.938. The molecule has 2 saturated heterocycles. The average Bonchev–Trinajstić information content (AvgIpc) is 2.93. The minimum absolute atomic E-state index is 0. The molecular formula is C16H33Cl2N3O3. The van der Waals surface area contributed by atoms with Crippen LogP contribution in [-0.2, 0) is 14.3 Å². The Morgan fingerprint density at radius 2 is 1.75 bits per heavy atom. The number of rotatable bonds is 5. The van der Waals surface area contributed by atoms with Crippen LogP contribution in [0, 0.1) is 0 Å². The normalized spacial score (nSPS) is 31.0. The van der Waals surface area contributed by atoms with Crippen molar-refractivity contribution in [3.8, 4) is 0 Å². The Morgan fingerprint density at radius 3 is 2.25 bits per heavy atom. The minimum atomic E-state index is -0.341. The topological polar surface area (TPSA) is 76.8 Å². The molecule has 3 N–H and O–H groups in total. The standard InChI is InChI=1S/C16H31N3O3.2ClH/c1-11-8-19(9-12(2)21-11)16(3,4)10-18-15(20)14-6-5-13(7-17)22-14;;/h11-14H,5-10,17H2,1-4H3,(H,18,20);2*1H/t11?,12?,13-,14+;;/m1../s1. The van der Waals surface area contributed by atoms with Gasteiger partial charge in [-0.25, -0.2) is 0 Å². The summed E-state index contributed by atoms with van der Waals surface area (Å²) in [5.74, 6) is -0.0154. The van der Waals surface area contributed by atoms with Crippen LogP contribution in [0.15, 0.2) is 0 Å². The molecule has 0 aromatic carbocycles. The maximum Gasteiger partial charge on any atom is 0.249 e. The molecule has 0 bridgehead atoms. The minimum Gasteiger partial charge on any atom is -0.373 e. The summed E-state index contributed by atoms with van der Waals surface area (Å²) in [6, 6.07) is 0. The number of carbonyl (C=O) groups is 1. The van der Waals surface area contributed by atoms with Crippen LogP contribution in [0.3, 0.4) is 0 Å². The highest BCUT2D eigenvalue weighted by molar-refractivity contribution is 5.85. The lowest BCUT2D eigenvalue weighted by Gasteiger charge is -2.45. The van der Waals surface area contributed by atoms with Gasteiger partial charge in [0.05, 0.1) is 18.3 Å². The Labute approximate surface area is 158 Å². The average molecular weight is 386 g/mol. The van der Waals surface area contributed by atoms with Crippen LogP contribution >= 0.6 is 24.8 Å². The number of amides is 1. The van der Waals surface area contributed by atoms with E-state index < -0.39 is 0 Å². The van der Waals surface area contributed by atoms with Crippen LogP contribution < -0.4 is 11.1 Å². The second-order valence-electron chi connectivity index (χ2n) is 7.25. The molecule has 2 unspecified atom stereocenters. The predicted octanol–water partition coefficient (Wildman–Crippen LogP) is 1.34. The lowest BCUT2D eigenvalue weighted by molar-refractivity contribution is -0.133. The molecule has 6 nitrogen and oxygen atoms in total. The molecule has 4 atom stereocenters. The van der Waals surface area contributed by atoms with Gasteiger partial charge in [-0.05, 0) is 40.5 Å². The molecule has 0 aromatic heterocycles. The number of carbonyl (C=O) groups excluding carboxylic acids is 1. The summed E-state index contributed by atoms with van der Waals surface area (Å²) < 4.78 is 11.4. The van der Waals surface area contributed by atoms with Crippen molar-refractivity contribution in [2.45, 2.75) is 70.5 Å². The number of hydrogen-bond donors (Lipinski definition) is 2. The first-order chi connectivity index (χ1) is 10.3. The molecule has 8 heteroatoms. The third-order valence-electron chi connectivity index (χ3n) is 4.63. The van der Waals surface area contributed by atoms with Crippen LogP contribution in [0.25, 0.3) is 0 Å². The van der Waals surface area contributed by atoms with E-state index in [4.69, 9.17) is 15.2 Å². The largest absolute Gasteiger partial charge is 0.373 e. The van der Waals surface area contributed by atoms with Gasteiger partial charge in [-0.3, -0.25) is 9.69 Å². The number of nitrogens with one attached hydrogen (secondary N) is 1. The van der Waals surface area contributed by atoms with Crippen molar-refractivity contribution >= 4 is 30.7 Å². The van der Waals surface area contributed by atoms with Crippen molar-refractivity contribution in [3.63, 3.8) is 0 Å². The maximum absolute atomic E-state index is 12.2.